The van der Waals surface area contributed by atoms with Crippen molar-refractivity contribution in [3.8, 4) is 5.75 Å². The van der Waals surface area contributed by atoms with Gasteiger partial charge in [0.15, 0.2) is 0 Å². The van der Waals surface area contributed by atoms with Crippen LogP contribution in [0.3, 0.4) is 0 Å². The van der Waals surface area contributed by atoms with Crippen molar-refractivity contribution in [1.82, 2.24) is 5.32 Å². The molecule has 4 heteroatoms. The molecule has 0 spiro atoms. The lowest BCUT2D eigenvalue weighted by Gasteiger charge is -2.13. The van der Waals surface area contributed by atoms with Gasteiger partial charge in [0.2, 0.25) is 5.91 Å². The molecule has 19 heavy (non-hydrogen) atoms. The molecular weight excluding hydrogens is 306 g/mol. The first-order valence-electron chi connectivity index (χ1n) is 6.80. The van der Waals surface area contributed by atoms with Crippen molar-refractivity contribution in [1.29, 1.82) is 0 Å². The molecule has 0 aliphatic rings. The van der Waals surface area contributed by atoms with Crippen LogP contribution in [0.4, 0.5) is 0 Å². The van der Waals surface area contributed by atoms with Crippen molar-refractivity contribution in [2.45, 2.75) is 33.1 Å². The molecule has 0 fully saturated rings. The van der Waals surface area contributed by atoms with Gasteiger partial charge < -0.3 is 10.1 Å². The van der Waals surface area contributed by atoms with Crippen LogP contribution < -0.4 is 10.1 Å². The first-order valence-corrected chi connectivity index (χ1v) is 7.60. The van der Waals surface area contributed by atoms with E-state index in [-0.39, 0.29) is 5.91 Å². The van der Waals surface area contributed by atoms with Crippen LogP contribution in [0, 0.1) is 5.92 Å². The third kappa shape index (κ3) is 6.62. The Hall–Kier alpha value is -1.03. The van der Waals surface area contributed by atoms with E-state index in [1.54, 1.807) is 0 Å². The van der Waals surface area contributed by atoms with E-state index in [1.807, 2.05) is 24.3 Å². The molecule has 0 radical (unpaired) electrons. The molecular formula is C15H22BrNO2. The van der Waals surface area contributed by atoms with E-state index in [9.17, 15) is 4.79 Å². The van der Waals surface area contributed by atoms with Gasteiger partial charge in [0.1, 0.15) is 5.75 Å². The van der Waals surface area contributed by atoms with E-state index < -0.39 is 0 Å². The van der Waals surface area contributed by atoms with E-state index in [0.717, 1.165) is 29.6 Å². The van der Waals surface area contributed by atoms with E-state index in [2.05, 4.69) is 35.1 Å². The minimum absolute atomic E-state index is 0.0593. The number of amides is 1. The second-order valence-electron chi connectivity index (χ2n) is 4.54. The fraction of sp³-hybridized carbons (Fsp3) is 0.533. The van der Waals surface area contributed by atoms with Crippen LogP contribution >= 0.6 is 15.9 Å². The molecule has 3 nitrogen and oxygen atoms in total. The number of hydrogen-bond donors (Lipinski definition) is 1. The first kappa shape index (κ1) is 16.0. The molecule has 1 N–H and O–H groups in total. The lowest BCUT2D eigenvalue weighted by Crippen LogP contribution is -2.29. The van der Waals surface area contributed by atoms with Gasteiger partial charge in [-0.2, -0.15) is 0 Å². The third-order valence-electron chi connectivity index (χ3n) is 3.15. The zero-order valence-corrected chi connectivity index (χ0v) is 13.2. The van der Waals surface area contributed by atoms with E-state index in [0.29, 0.717) is 18.9 Å². The minimum Gasteiger partial charge on any atom is -0.493 e. The Labute approximate surface area is 123 Å². The summed E-state index contributed by atoms with van der Waals surface area (Å²) in [5, 5.41) is 2.95. The molecule has 0 saturated heterocycles. The van der Waals surface area contributed by atoms with E-state index in [4.69, 9.17) is 4.74 Å². The highest BCUT2D eigenvalue weighted by Gasteiger charge is 2.06. The van der Waals surface area contributed by atoms with Gasteiger partial charge in [-0.25, -0.2) is 0 Å². The summed E-state index contributed by atoms with van der Waals surface area (Å²) >= 11 is 3.36. The number of carbonyl (C=O) groups excluding carboxylic acids is 1. The maximum atomic E-state index is 11.6. The summed E-state index contributed by atoms with van der Waals surface area (Å²) in [4.78, 5) is 11.6. The van der Waals surface area contributed by atoms with Gasteiger partial charge in [-0.3, -0.25) is 4.79 Å². The van der Waals surface area contributed by atoms with Crippen LogP contribution in [0.15, 0.2) is 28.7 Å². The van der Waals surface area contributed by atoms with Crippen molar-refractivity contribution < 1.29 is 9.53 Å². The Bertz CT molecular complexity index is 374. The largest absolute Gasteiger partial charge is 0.493 e. The highest BCUT2D eigenvalue weighted by molar-refractivity contribution is 9.10. The second kappa shape index (κ2) is 8.97. The van der Waals surface area contributed by atoms with Crippen LogP contribution in [0.5, 0.6) is 5.75 Å². The Morgan fingerprint density at radius 2 is 1.89 bits per heavy atom. The second-order valence-corrected chi connectivity index (χ2v) is 5.45. The van der Waals surface area contributed by atoms with Crippen molar-refractivity contribution in [2.24, 2.45) is 5.92 Å². The Morgan fingerprint density at radius 1 is 1.26 bits per heavy atom. The lowest BCUT2D eigenvalue weighted by atomic mass is 10.0. The molecule has 0 saturated carbocycles. The first-order chi connectivity index (χ1) is 9.15. The summed E-state index contributed by atoms with van der Waals surface area (Å²) in [6.45, 7) is 5.48. The molecule has 1 aromatic carbocycles. The topological polar surface area (TPSA) is 38.3 Å². The van der Waals surface area contributed by atoms with Crippen LogP contribution in [0.25, 0.3) is 0 Å². The number of nitrogens with one attached hydrogen (secondary N) is 1. The number of halogens is 1. The van der Waals surface area contributed by atoms with Gasteiger partial charge in [-0.1, -0.05) is 42.6 Å². The fourth-order valence-corrected chi connectivity index (χ4v) is 1.98. The molecule has 0 aromatic heterocycles. The molecule has 0 atom stereocenters. The zero-order chi connectivity index (χ0) is 14.1. The number of ether oxygens (including phenoxy) is 1. The smallest absolute Gasteiger partial charge is 0.223 e. The molecule has 0 bridgehead atoms. The molecule has 106 valence electrons. The summed E-state index contributed by atoms with van der Waals surface area (Å²) in [6, 6.07) is 7.60. The molecule has 1 aromatic rings. The van der Waals surface area contributed by atoms with E-state index in [1.165, 1.54) is 0 Å². The van der Waals surface area contributed by atoms with Crippen molar-refractivity contribution in [3.63, 3.8) is 0 Å². The fourth-order valence-electron chi connectivity index (χ4n) is 1.72. The summed E-state index contributed by atoms with van der Waals surface area (Å²) in [7, 11) is 0. The Balaban J connectivity index is 2.18. The predicted molar refractivity (Wildman–Crippen MR) is 81.3 cm³/mol. The summed E-state index contributed by atoms with van der Waals surface area (Å²) in [6.07, 6.45) is 2.61. The summed E-state index contributed by atoms with van der Waals surface area (Å²) < 4.78 is 6.53. The van der Waals surface area contributed by atoms with Gasteiger partial charge in [0.05, 0.1) is 13.0 Å². The zero-order valence-electron chi connectivity index (χ0n) is 11.6. The SMILES string of the molecule is CCC(CC)CNC(=O)CCOc1ccc(Br)cc1. The van der Waals surface area contributed by atoms with Crippen molar-refractivity contribution >= 4 is 21.8 Å². The van der Waals surface area contributed by atoms with Gasteiger partial charge in [0.25, 0.3) is 0 Å². The van der Waals surface area contributed by atoms with E-state index >= 15 is 0 Å². The summed E-state index contributed by atoms with van der Waals surface area (Å²) in [5.41, 5.74) is 0. The molecule has 0 unspecified atom stereocenters. The van der Waals surface area contributed by atoms with Crippen LogP contribution in [0.2, 0.25) is 0 Å². The minimum atomic E-state index is 0.0593. The van der Waals surface area contributed by atoms with Gasteiger partial charge >= 0.3 is 0 Å². The molecule has 1 amide bonds. The Morgan fingerprint density at radius 3 is 2.47 bits per heavy atom. The lowest BCUT2D eigenvalue weighted by molar-refractivity contribution is -0.121. The number of rotatable bonds is 8. The number of hydrogen-bond acceptors (Lipinski definition) is 2. The molecule has 0 heterocycles. The quantitative estimate of drug-likeness (QED) is 0.789. The molecule has 0 aliphatic heterocycles. The summed E-state index contributed by atoms with van der Waals surface area (Å²) in [5.74, 6) is 1.43. The van der Waals surface area contributed by atoms with Gasteiger partial charge in [-0.05, 0) is 30.2 Å². The van der Waals surface area contributed by atoms with Crippen LogP contribution in [0.1, 0.15) is 33.1 Å². The molecule has 1 rings (SSSR count). The highest BCUT2D eigenvalue weighted by Crippen LogP contribution is 2.16. The number of benzene rings is 1. The highest BCUT2D eigenvalue weighted by atomic mass is 79.9. The van der Waals surface area contributed by atoms with Crippen molar-refractivity contribution in [3.05, 3.63) is 28.7 Å². The average molecular weight is 328 g/mol. The van der Waals surface area contributed by atoms with Crippen molar-refractivity contribution in [2.75, 3.05) is 13.2 Å². The Kier molecular flexibility index (Phi) is 7.56. The van der Waals surface area contributed by atoms with Crippen LogP contribution in [-0.2, 0) is 4.79 Å². The van der Waals surface area contributed by atoms with Gasteiger partial charge in [-0.15, -0.1) is 0 Å². The average Bonchev–Trinajstić information content (AvgIpc) is 2.42. The van der Waals surface area contributed by atoms with Crippen LogP contribution in [-0.4, -0.2) is 19.1 Å². The standard InChI is InChI=1S/C15H22BrNO2/c1-3-12(4-2)11-17-15(18)9-10-19-14-7-5-13(16)6-8-14/h5-8,12H,3-4,9-11H2,1-2H3,(H,17,18). The third-order valence-corrected chi connectivity index (χ3v) is 3.68. The maximum Gasteiger partial charge on any atom is 0.223 e. The maximum absolute atomic E-state index is 11.6. The number of carbonyl (C=O) groups is 1. The van der Waals surface area contributed by atoms with Gasteiger partial charge in [0, 0.05) is 11.0 Å². The predicted octanol–water partition coefficient (Wildman–Crippen LogP) is 3.77. The normalized spacial score (nSPS) is 10.5. The monoisotopic (exact) mass is 327 g/mol. The molecule has 0 aliphatic carbocycles.